The molecule has 1 N–H and O–H groups in total. The van der Waals surface area contributed by atoms with Gasteiger partial charge in [0, 0.05) is 41.5 Å². The van der Waals surface area contributed by atoms with E-state index >= 15 is 0 Å². The van der Waals surface area contributed by atoms with Crippen LogP contribution < -0.4 is 15.0 Å². The van der Waals surface area contributed by atoms with E-state index in [0.29, 0.717) is 29.5 Å². The van der Waals surface area contributed by atoms with Crippen LogP contribution in [0, 0.1) is 5.92 Å². The lowest BCUT2D eigenvalue weighted by Gasteiger charge is -2.32. The SMILES string of the molecule is C[C@@H]1CCCN(c2ccc(CNC(=O)c3cccc(OCc4ccccc4Cl)c3)cc2)C1. The Bertz CT molecular complexity index is 1050. The highest BCUT2D eigenvalue weighted by Gasteiger charge is 2.16. The van der Waals surface area contributed by atoms with E-state index in [-0.39, 0.29) is 5.91 Å². The van der Waals surface area contributed by atoms with Gasteiger partial charge >= 0.3 is 0 Å². The van der Waals surface area contributed by atoms with Crippen LogP contribution in [0.3, 0.4) is 0 Å². The highest BCUT2D eigenvalue weighted by molar-refractivity contribution is 6.31. The van der Waals surface area contributed by atoms with E-state index in [2.05, 4.69) is 41.4 Å². The van der Waals surface area contributed by atoms with Gasteiger partial charge in [-0.05, 0) is 60.7 Å². The third-order valence-electron chi connectivity index (χ3n) is 5.86. The number of amides is 1. The second-order valence-electron chi connectivity index (χ2n) is 8.45. The van der Waals surface area contributed by atoms with E-state index in [9.17, 15) is 4.79 Å². The van der Waals surface area contributed by atoms with Gasteiger partial charge in [0.2, 0.25) is 0 Å². The number of carbonyl (C=O) groups is 1. The van der Waals surface area contributed by atoms with Crippen molar-refractivity contribution in [1.82, 2.24) is 5.32 Å². The van der Waals surface area contributed by atoms with Crippen molar-refractivity contribution in [2.24, 2.45) is 5.92 Å². The molecule has 0 bridgehead atoms. The van der Waals surface area contributed by atoms with Gasteiger partial charge in [-0.2, -0.15) is 0 Å². The molecule has 0 spiro atoms. The van der Waals surface area contributed by atoms with E-state index in [1.54, 1.807) is 12.1 Å². The molecule has 166 valence electrons. The normalized spacial score (nSPS) is 15.9. The molecule has 0 aromatic heterocycles. The van der Waals surface area contributed by atoms with Crippen LogP contribution in [0.25, 0.3) is 0 Å². The zero-order valence-electron chi connectivity index (χ0n) is 18.4. The molecule has 0 radical (unpaired) electrons. The summed E-state index contributed by atoms with van der Waals surface area (Å²) < 4.78 is 5.84. The Morgan fingerprint density at radius 1 is 1.09 bits per heavy atom. The van der Waals surface area contributed by atoms with Crippen LogP contribution in [0.15, 0.2) is 72.8 Å². The average Bonchev–Trinajstić information content (AvgIpc) is 2.82. The van der Waals surface area contributed by atoms with Gasteiger partial charge in [-0.15, -0.1) is 0 Å². The van der Waals surface area contributed by atoms with Gasteiger partial charge in [0.1, 0.15) is 12.4 Å². The summed E-state index contributed by atoms with van der Waals surface area (Å²) in [6.07, 6.45) is 2.56. The van der Waals surface area contributed by atoms with Crippen LogP contribution in [-0.4, -0.2) is 19.0 Å². The number of hydrogen-bond acceptors (Lipinski definition) is 3. The predicted octanol–water partition coefficient (Wildman–Crippen LogP) is 6.09. The molecular formula is C27H29ClN2O2. The third kappa shape index (κ3) is 5.83. The highest BCUT2D eigenvalue weighted by atomic mass is 35.5. The minimum atomic E-state index is -0.123. The number of rotatable bonds is 7. The monoisotopic (exact) mass is 448 g/mol. The first-order chi connectivity index (χ1) is 15.6. The number of piperidine rings is 1. The molecule has 1 heterocycles. The summed E-state index contributed by atoms with van der Waals surface area (Å²) in [5.41, 5.74) is 3.82. The maximum atomic E-state index is 12.7. The minimum absolute atomic E-state index is 0.123. The van der Waals surface area contributed by atoms with Crippen molar-refractivity contribution in [1.29, 1.82) is 0 Å². The molecule has 5 heteroatoms. The molecule has 32 heavy (non-hydrogen) atoms. The van der Waals surface area contributed by atoms with Crippen LogP contribution in [0.5, 0.6) is 5.75 Å². The molecule has 1 aliphatic rings. The van der Waals surface area contributed by atoms with Crippen molar-refractivity contribution in [3.8, 4) is 5.75 Å². The smallest absolute Gasteiger partial charge is 0.251 e. The van der Waals surface area contributed by atoms with Gasteiger partial charge in [-0.25, -0.2) is 0 Å². The zero-order valence-corrected chi connectivity index (χ0v) is 19.1. The summed E-state index contributed by atoms with van der Waals surface area (Å²) in [4.78, 5) is 15.1. The van der Waals surface area contributed by atoms with Crippen LogP contribution in [0.2, 0.25) is 5.02 Å². The summed E-state index contributed by atoms with van der Waals surface area (Å²) in [5, 5.41) is 3.67. The van der Waals surface area contributed by atoms with Crippen LogP contribution >= 0.6 is 11.6 Å². The largest absolute Gasteiger partial charge is 0.489 e. The first-order valence-electron chi connectivity index (χ1n) is 11.2. The lowest BCUT2D eigenvalue weighted by Crippen LogP contribution is -2.34. The second-order valence-corrected chi connectivity index (χ2v) is 8.86. The molecule has 0 saturated carbocycles. The Kier molecular flexibility index (Phi) is 7.33. The van der Waals surface area contributed by atoms with E-state index in [0.717, 1.165) is 30.1 Å². The van der Waals surface area contributed by atoms with Crippen molar-refractivity contribution >= 4 is 23.2 Å². The molecular weight excluding hydrogens is 420 g/mol. The van der Waals surface area contributed by atoms with Gasteiger partial charge in [0.05, 0.1) is 0 Å². The van der Waals surface area contributed by atoms with Gasteiger partial charge in [0.15, 0.2) is 0 Å². The van der Waals surface area contributed by atoms with Gasteiger partial charge in [0.25, 0.3) is 5.91 Å². The fraction of sp³-hybridized carbons (Fsp3) is 0.296. The molecule has 1 saturated heterocycles. The Balaban J connectivity index is 1.31. The Morgan fingerprint density at radius 2 is 1.91 bits per heavy atom. The van der Waals surface area contributed by atoms with Crippen LogP contribution in [0.4, 0.5) is 5.69 Å². The summed E-state index contributed by atoms with van der Waals surface area (Å²) in [6.45, 7) is 5.39. The molecule has 0 aliphatic carbocycles. The van der Waals surface area contributed by atoms with Gasteiger partial charge in [-0.3, -0.25) is 4.79 Å². The minimum Gasteiger partial charge on any atom is -0.489 e. The average molecular weight is 449 g/mol. The quantitative estimate of drug-likeness (QED) is 0.475. The molecule has 0 unspecified atom stereocenters. The lowest BCUT2D eigenvalue weighted by molar-refractivity contribution is 0.0950. The van der Waals surface area contributed by atoms with Crippen LogP contribution in [-0.2, 0) is 13.2 Å². The summed E-state index contributed by atoms with van der Waals surface area (Å²) in [6, 6.07) is 23.3. The zero-order chi connectivity index (χ0) is 22.3. The van der Waals surface area contributed by atoms with Crippen molar-refractivity contribution in [3.05, 3.63) is 94.5 Å². The number of nitrogens with one attached hydrogen (secondary N) is 1. The van der Waals surface area contributed by atoms with Crippen molar-refractivity contribution < 1.29 is 9.53 Å². The Morgan fingerprint density at radius 3 is 2.69 bits per heavy atom. The standard InChI is InChI=1S/C27H29ClN2O2/c1-20-6-5-15-30(18-20)24-13-11-21(12-14-24)17-29-27(31)22-8-4-9-25(16-22)32-19-23-7-2-3-10-26(23)28/h2-4,7-14,16,20H,5-6,15,17-19H2,1H3,(H,29,31)/t20-/m1/s1. The number of hydrogen-bond donors (Lipinski definition) is 1. The molecule has 4 nitrogen and oxygen atoms in total. The topological polar surface area (TPSA) is 41.6 Å². The summed E-state index contributed by atoms with van der Waals surface area (Å²) in [7, 11) is 0. The number of nitrogens with zero attached hydrogens (tertiary/aromatic N) is 1. The number of ether oxygens (including phenoxy) is 1. The molecule has 4 rings (SSSR count). The first kappa shape index (κ1) is 22.2. The van der Waals surface area contributed by atoms with Crippen molar-refractivity contribution in [2.75, 3.05) is 18.0 Å². The fourth-order valence-corrected chi connectivity index (χ4v) is 4.23. The van der Waals surface area contributed by atoms with E-state index < -0.39 is 0 Å². The van der Waals surface area contributed by atoms with Gasteiger partial charge in [-0.1, -0.05) is 54.9 Å². The molecule has 1 atom stereocenters. The number of carbonyl (C=O) groups excluding carboxylic acids is 1. The maximum absolute atomic E-state index is 12.7. The van der Waals surface area contributed by atoms with Gasteiger partial charge < -0.3 is 15.0 Å². The van der Waals surface area contributed by atoms with E-state index in [4.69, 9.17) is 16.3 Å². The molecule has 3 aromatic carbocycles. The molecule has 1 amide bonds. The Labute approximate surface area is 195 Å². The highest BCUT2D eigenvalue weighted by Crippen LogP contribution is 2.23. The number of anilines is 1. The fourth-order valence-electron chi connectivity index (χ4n) is 4.04. The molecule has 1 fully saturated rings. The van der Waals surface area contributed by atoms with E-state index in [1.807, 2.05) is 36.4 Å². The molecule has 1 aliphatic heterocycles. The maximum Gasteiger partial charge on any atom is 0.251 e. The van der Waals surface area contributed by atoms with E-state index in [1.165, 1.54) is 18.5 Å². The van der Waals surface area contributed by atoms with Crippen LogP contribution in [0.1, 0.15) is 41.3 Å². The predicted molar refractivity (Wildman–Crippen MR) is 130 cm³/mol. The summed E-state index contributed by atoms with van der Waals surface area (Å²) in [5.74, 6) is 1.26. The first-order valence-corrected chi connectivity index (χ1v) is 11.5. The Hall–Kier alpha value is -2.98. The number of benzene rings is 3. The summed E-state index contributed by atoms with van der Waals surface area (Å²) >= 11 is 6.19. The molecule has 3 aromatic rings. The number of halogens is 1. The van der Waals surface area contributed by atoms with Crippen molar-refractivity contribution in [3.63, 3.8) is 0 Å². The second kappa shape index (κ2) is 10.6. The lowest BCUT2D eigenvalue weighted by atomic mass is 9.99. The van der Waals surface area contributed by atoms with Crippen molar-refractivity contribution in [2.45, 2.75) is 32.9 Å². The third-order valence-corrected chi connectivity index (χ3v) is 6.23.